The molecule has 2 bridgehead atoms. The highest BCUT2D eigenvalue weighted by Gasteiger charge is 2.63. The molecule has 0 amide bonds. The number of carbonyl (C=O) groups is 1. The SMILES string of the molecule is COC(=O)[C@]1(c2ccc(Cl)cc2)C[C@@H]1CN1CC[C@]2(C)c3cc(O)ccc3C[C@H]1[C@H]2C. The van der Waals surface area contributed by atoms with Crippen LogP contribution in [0.4, 0.5) is 0 Å². The van der Waals surface area contributed by atoms with Crippen LogP contribution in [0.1, 0.15) is 43.4 Å². The maximum Gasteiger partial charge on any atom is 0.316 e. The van der Waals surface area contributed by atoms with Crippen molar-refractivity contribution in [1.29, 1.82) is 0 Å². The van der Waals surface area contributed by atoms with E-state index >= 15 is 0 Å². The number of hydrogen-bond donors (Lipinski definition) is 1. The number of carbonyl (C=O) groups excluding carboxylic acids is 1. The number of halogens is 1. The number of piperidine rings is 1. The summed E-state index contributed by atoms with van der Waals surface area (Å²) in [5, 5.41) is 10.7. The number of rotatable bonds is 4. The molecule has 2 aromatic rings. The van der Waals surface area contributed by atoms with Gasteiger partial charge >= 0.3 is 5.97 Å². The molecular formula is C26H30ClNO3. The highest BCUT2D eigenvalue weighted by Crippen LogP contribution is 2.57. The molecule has 1 heterocycles. The molecule has 5 rings (SSSR count). The number of likely N-dealkylation sites (tertiary alicyclic amines) is 1. The van der Waals surface area contributed by atoms with Crippen LogP contribution < -0.4 is 0 Å². The third-order valence-electron chi connectivity index (χ3n) is 8.58. The molecule has 4 nitrogen and oxygen atoms in total. The predicted octanol–water partition coefficient (Wildman–Crippen LogP) is 4.70. The molecule has 0 radical (unpaired) electrons. The lowest BCUT2D eigenvalue weighted by atomic mass is 9.59. The number of esters is 1. The minimum Gasteiger partial charge on any atom is -0.508 e. The molecule has 0 spiro atoms. The van der Waals surface area contributed by atoms with Crippen LogP contribution in [0.3, 0.4) is 0 Å². The Balaban J connectivity index is 1.41. The van der Waals surface area contributed by atoms with Gasteiger partial charge in [0, 0.05) is 17.6 Å². The van der Waals surface area contributed by atoms with E-state index in [1.165, 1.54) is 18.2 Å². The summed E-state index contributed by atoms with van der Waals surface area (Å²) in [4.78, 5) is 15.5. The molecule has 2 aliphatic carbocycles. The molecule has 5 atom stereocenters. The Labute approximate surface area is 189 Å². The normalized spacial score (nSPS) is 34.1. The number of aromatic hydroxyl groups is 1. The molecule has 3 aliphatic rings. The Morgan fingerprint density at radius 1 is 1.26 bits per heavy atom. The van der Waals surface area contributed by atoms with Gasteiger partial charge in [0.25, 0.3) is 0 Å². The largest absolute Gasteiger partial charge is 0.508 e. The molecular weight excluding hydrogens is 410 g/mol. The molecule has 1 aliphatic heterocycles. The zero-order valence-electron chi connectivity index (χ0n) is 18.4. The number of benzene rings is 2. The van der Waals surface area contributed by atoms with Gasteiger partial charge in [-0.2, -0.15) is 0 Å². The Bertz CT molecular complexity index is 1020. The van der Waals surface area contributed by atoms with Crippen molar-refractivity contribution in [2.45, 2.75) is 50.0 Å². The predicted molar refractivity (Wildman–Crippen MR) is 122 cm³/mol. The van der Waals surface area contributed by atoms with Crippen LogP contribution in [-0.4, -0.2) is 42.2 Å². The van der Waals surface area contributed by atoms with E-state index in [9.17, 15) is 9.90 Å². The van der Waals surface area contributed by atoms with Gasteiger partial charge in [0.15, 0.2) is 0 Å². The number of hydrogen-bond acceptors (Lipinski definition) is 4. The summed E-state index contributed by atoms with van der Waals surface area (Å²) in [6.07, 6.45) is 2.87. The van der Waals surface area contributed by atoms with E-state index in [0.717, 1.165) is 37.9 Å². The third-order valence-corrected chi connectivity index (χ3v) is 8.83. The van der Waals surface area contributed by atoms with Gasteiger partial charge in [-0.15, -0.1) is 0 Å². The molecule has 0 unspecified atom stereocenters. The molecule has 1 N–H and O–H groups in total. The maximum absolute atomic E-state index is 12.9. The van der Waals surface area contributed by atoms with Crippen LogP contribution in [-0.2, 0) is 26.8 Å². The van der Waals surface area contributed by atoms with Gasteiger partial charge in [-0.3, -0.25) is 9.69 Å². The molecule has 164 valence electrons. The quantitative estimate of drug-likeness (QED) is 0.701. The van der Waals surface area contributed by atoms with Crippen LogP contribution >= 0.6 is 11.6 Å². The first kappa shape index (κ1) is 20.8. The van der Waals surface area contributed by atoms with Gasteiger partial charge in [0.1, 0.15) is 5.75 Å². The van der Waals surface area contributed by atoms with E-state index in [4.69, 9.17) is 16.3 Å². The van der Waals surface area contributed by atoms with Gasteiger partial charge in [0.2, 0.25) is 0 Å². The van der Waals surface area contributed by atoms with Crippen molar-refractivity contribution in [3.8, 4) is 5.75 Å². The topological polar surface area (TPSA) is 49.8 Å². The number of methoxy groups -OCH3 is 1. The van der Waals surface area contributed by atoms with Crippen LogP contribution in [0.15, 0.2) is 42.5 Å². The summed E-state index contributed by atoms with van der Waals surface area (Å²) >= 11 is 6.09. The van der Waals surface area contributed by atoms with Crippen molar-refractivity contribution in [3.63, 3.8) is 0 Å². The Morgan fingerprint density at radius 2 is 2.00 bits per heavy atom. The van der Waals surface area contributed by atoms with E-state index in [0.29, 0.717) is 22.7 Å². The van der Waals surface area contributed by atoms with Crippen molar-refractivity contribution < 1.29 is 14.6 Å². The average molecular weight is 440 g/mol. The van der Waals surface area contributed by atoms with E-state index < -0.39 is 5.41 Å². The lowest BCUT2D eigenvalue weighted by molar-refractivity contribution is -0.144. The zero-order chi connectivity index (χ0) is 22.0. The number of phenolic OH excluding ortho intramolecular Hbond substituents is 1. The number of fused-ring (bicyclic) bond motifs is 4. The fourth-order valence-electron chi connectivity index (χ4n) is 6.41. The van der Waals surface area contributed by atoms with Crippen LogP contribution in [0, 0.1) is 11.8 Å². The zero-order valence-corrected chi connectivity index (χ0v) is 19.2. The minimum absolute atomic E-state index is 0.0760. The number of phenols is 1. The van der Waals surface area contributed by atoms with Gasteiger partial charge in [-0.25, -0.2) is 0 Å². The Kier molecular flexibility index (Phi) is 4.87. The summed E-state index contributed by atoms with van der Waals surface area (Å²) in [7, 11) is 1.48. The lowest BCUT2D eigenvalue weighted by Crippen LogP contribution is -2.58. The lowest BCUT2D eigenvalue weighted by Gasteiger charge is -2.54. The standard InChI is InChI=1S/C26H30ClNO3/c1-16-23-12-17-4-9-21(29)13-22(17)25(16,2)10-11-28(23)15-19-14-26(19,24(30)31-3)18-5-7-20(27)8-6-18/h4-9,13,16,19,23,29H,10-12,14-15H2,1-3H3/t16-,19-,23+,25+,26+/m1/s1. The van der Waals surface area contributed by atoms with Crippen molar-refractivity contribution in [1.82, 2.24) is 4.90 Å². The van der Waals surface area contributed by atoms with Crippen LogP contribution in [0.2, 0.25) is 5.02 Å². The van der Waals surface area contributed by atoms with Crippen molar-refractivity contribution in [2.75, 3.05) is 20.2 Å². The third kappa shape index (κ3) is 3.10. The molecule has 2 aromatic carbocycles. The van der Waals surface area contributed by atoms with Crippen molar-refractivity contribution in [3.05, 3.63) is 64.2 Å². The summed E-state index contributed by atoms with van der Waals surface area (Å²) in [5.41, 5.74) is 3.19. The molecule has 0 aromatic heterocycles. The van der Waals surface area contributed by atoms with E-state index in [1.54, 1.807) is 0 Å². The highest BCUT2D eigenvalue weighted by atomic mass is 35.5. The first-order chi connectivity index (χ1) is 14.8. The van der Waals surface area contributed by atoms with Crippen LogP contribution in [0.25, 0.3) is 0 Å². The summed E-state index contributed by atoms with van der Waals surface area (Å²) in [6, 6.07) is 14.0. The second-order valence-corrected chi connectivity index (χ2v) is 10.4. The Morgan fingerprint density at radius 3 is 2.71 bits per heavy atom. The summed E-state index contributed by atoms with van der Waals surface area (Å²) < 4.78 is 5.24. The van der Waals surface area contributed by atoms with E-state index in [-0.39, 0.29) is 17.3 Å². The summed E-state index contributed by atoms with van der Waals surface area (Å²) in [5.74, 6) is 0.951. The monoisotopic (exact) mass is 439 g/mol. The highest BCUT2D eigenvalue weighted by molar-refractivity contribution is 6.30. The molecule has 1 saturated carbocycles. The van der Waals surface area contributed by atoms with Crippen LogP contribution in [0.5, 0.6) is 5.75 Å². The van der Waals surface area contributed by atoms with Gasteiger partial charge in [-0.1, -0.05) is 43.6 Å². The second-order valence-electron chi connectivity index (χ2n) is 9.93. The molecule has 2 fully saturated rings. The van der Waals surface area contributed by atoms with Crippen molar-refractivity contribution in [2.24, 2.45) is 11.8 Å². The fourth-order valence-corrected chi connectivity index (χ4v) is 6.53. The maximum atomic E-state index is 12.9. The smallest absolute Gasteiger partial charge is 0.316 e. The average Bonchev–Trinajstić information content (AvgIpc) is 3.48. The van der Waals surface area contributed by atoms with Crippen molar-refractivity contribution >= 4 is 17.6 Å². The molecule has 1 saturated heterocycles. The van der Waals surface area contributed by atoms with E-state index in [1.807, 2.05) is 36.4 Å². The molecule has 5 heteroatoms. The van der Waals surface area contributed by atoms with Gasteiger partial charge < -0.3 is 9.84 Å². The first-order valence-corrected chi connectivity index (χ1v) is 11.6. The first-order valence-electron chi connectivity index (χ1n) is 11.2. The summed E-state index contributed by atoms with van der Waals surface area (Å²) in [6.45, 7) is 6.61. The fraction of sp³-hybridized carbons (Fsp3) is 0.500. The minimum atomic E-state index is -0.554. The molecule has 31 heavy (non-hydrogen) atoms. The Hall–Kier alpha value is -2.04. The number of nitrogens with zero attached hydrogens (tertiary/aromatic N) is 1. The second kappa shape index (κ2) is 7.25. The van der Waals surface area contributed by atoms with Gasteiger partial charge in [0.05, 0.1) is 12.5 Å². The van der Waals surface area contributed by atoms with E-state index in [2.05, 4.69) is 24.8 Å². The number of ether oxygens (including phenoxy) is 1. The van der Waals surface area contributed by atoms with Gasteiger partial charge in [-0.05, 0) is 84.0 Å².